The van der Waals surface area contributed by atoms with Crippen molar-refractivity contribution in [3.63, 3.8) is 0 Å². The smallest absolute Gasteiger partial charge is 0.230 e. The van der Waals surface area contributed by atoms with Crippen LogP contribution in [0, 0.1) is 6.92 Å². The first-order valence-electron chi connectivity index (χ1n) is 5.44. The molecule has 90 valence electrons. The van der Waals surface area contributed by atoms with Gasteiger partial charge < -0.3 is 10.3 Å². The zero-order chi connectivity index (χ0) is 12.5. The molecule has 1 aromatic carbocycles. The average Bonchev–Trinajstić information content (AvgIpc) is 2.99. The van der Waals surface area contributed by atoms with Gasteiger partial charge in [-0.3, -0.25) is 0 Å². The minimum Gasteiger partial charge on any atom is -0.367 e. The summed E-state index contributed by atoms with van der Waals surface area (Å²) in [6, 6.07) is 7.96. The first kappa shape index (κ1) is 10.5. The van der Waals surface area contributed by atoms with Crippen molar-refractivity contribution in [1.82, 2.24) is 20.6 Å². The van der Waals surface area contributed by atoms with Gasteiger partial charge in [-0.1, -0.05) is 35.0 Å². The van der Waals surface area contributed by atoms with Crippen LogP contribution in [0.2, 0.25) is 0 Å². The Morgan fingerprint density at radius 1 is 1.22 bits per heavy atom. The summed E-state index contributed by atoms with van der Waals surface area (Å²) < 4.78 is 5.05. The number of nitrogen functional groups attached to an aromatic ring is 1. The second-order valence-electron chi connectivity index (χ2n) is 3.99. The van der Waals surface area contributed by atoms with E-state index in [0.717, 1.165) is 11.1 Å². The number of aromatic amines is 1. The quantitative estimate of drug-likeness (QED) is 0.715. The zero-order valence-corrected chi connectivity index (χ0v) is 9.71. The van der Waals surface area contributed by atoms with Gasteiger partial charge in [0.15, 0.2) is 0 Å². The lowest BCUT2D eigenvalue weighted by atomic mass is 10.0. The highest BCUT2D eigenvalue weighted by atomic mass is 16.5. The largest absolute Gasteiger partial charge is 0.367 e. The molecule has 0 aliphatic carbocycles. The van der Waals surface area contributed by atoms with Crippen molar-refractivity contribution < 1.29 is 4.52 Å². The summed E-state index contributed by atoms with van der Waals surface area (Å²) in [7, 11) is 0. The fourth-order valence-corrected chi connectivity index (χ4v) is 1.79. The molecule has 0 saturated heterocycles. The van der Waals surface area contributed by atoms with Crippen LogP contribution in [-0.4, -0.2) is 20.6 Å². The van der Waals surface area contributed by atoms with Gasteiger partial charge in [-0.15, -0.1) is 0 Å². The maximum atomic E-state index is 5.83. The lowest BCUT2D eigenvalue weighted by Gasteiger charge is -2.01. The molecule has 0 radical (unpaired) electrons. The van der Waals surface area contributed by atoms with E-state index in [-0.39, 0.29) is 5.88 Å². The van der Waals surface area contributed by atoms with Crippen LogP contribution in [0.3, 0.4) is 0 Å². The van der Waals surface area contributed by atoms with Crippen molar-refractivity contribution >= 4 is 5.88 Å². The number of aromatic nitrogens is 4. The monoisotopic (exact) mass is 241 g/mol. The maximum absolute atomic E-state index is 5.83. The molecule has 6 nitrogen and oxygen atoms in total. The van der Waals surface area contributed by atoms with Crippen molar-refractivity contribution in [3.8, 4) is 22.5 Å². The second kappa shape index (κ2) is 3.99. The third-order valence-electron chi connectivity index (χ3n) is 2.72. The van der Waals surface area contributed by atoms with Gasteiger partial charge in [0, 0.05) is 0 Å². The van der Waals surface area contributed by atoms with E-state index in [1.807, 2.05) is 31.2 Å². The molecule has 6 heteroatoms. The van der Waals surface area contributed by atoms with Crippen LogP contribution in [0.5, 0.6) is 0 Å². The summed E-state index contributed by atoms with van der Waals surface area (Å²) in [5.41, 5.74) is 9.88. The highest BCUT2D eigenvalue weighted by Gasteiger charge is 2.18. The molecule has 18 heavy (non-hydrogen) atoms. The van der Waals surface area contributed by atoms with E-state index in [2.05, 4.69) is 20.6 Å². The number of hydrogen-bond acceptors (Lipinski definition) is 5. The number of nitrogens with zero attached hydrogens (tertiary/aromatic N) is 3. The van der Waals surface area contributed by atoms with Gasteiger partial charge in [0.1, 0.15) is 11.4 Å². The predicted octanol–water partition coefficient (Wildman–Crippen LogP) is 2.02. The molecule has 0 amide bonds. The van der Waals surface area contributed by atoms with Gasteiger partial charge in [0.05, 0.1) is 11.8 Å². The molecule has 0 unspecified atom stereocenters. The first-order chi connectivity index (χ1) is 8.75. The van der Waals surface area contributed by atoms with Crippen LogP contribution < -0.4 is 5.73 Å². The van der Waals surface area contributed by atoms with Crippen molar-refractivity contribution in [2.75, 3.05) is 5.73 Å². The Kier molecular flexibility index (Phi) is 2.33. The van der Waals surface area contributed by atoms with Crippen LogP contribution in [0.25, 0.3) is 22.5 Å². The van der Waals surface area contributed by atoms with Crippen LogP contribution in [0.1, 0.15) is 5.56 Å². The van der Waals surface area contributed by atoms with Crippen molar-refractivity contribution in [2.45, 2.75) is 6.92 Å². The van der Waals surface area contributed by atoms with Gasteiger partial charge in [0.2, 0.25) is 5.88 Å². The Morgan fingerprint density at radius 2 is 2.00 bits per heavy atom. The van der Waals surface area contributed by atoms with Gasteiger partial charge in [0.25, 0.3) is 0 Å². The summed E-state index contributed by atoms with van der Waals surface area (Å²) in [5.74, 6) is 0.275. The second-order valence-corrected chi connectivity index (χ2v) is 3.99. The number of rotatable bonds is 2. The molecule has 0 aliphatic rings. The predicted molar refractivity (Wildman–Crippen MR) is 66.5 cm³/mol. The molecule has 0 atom stereocenters. The highest BCUT2D eigenvalue weighted by molar-refractivity contribution is 5.85. The lowest BCUT2D eigenvalue weighted by Crippen LogP contribution is -1.88. The van der Waals surface area contributed by atoms with Gasteiger partial charge in [-0.05, 0) is 12.5 Å². The third kappa shape index (κ3) is 1.64. The van der Waals surface area contributed by atoms with E-state index < -0.39 is 0 Å². The Morgan fingerprint density at radius 3 is 2.67 bits per heavy atom. The maximum Gasteiger partial charge on any atom is 0.230 e. The normalized spacial score (nSPS) is 10.7. The molecule has 2 aromatic heterocycles. The van der Waals surface area contributed by atoms with Crippen LogP contribution in [0.15, 0.2) is 35.0 Å². The van der Waals surface area contributed by atoms with Crippen LogP contribution in [-0.2, 0) is 0 Å². The Labute approximate surface area is 103 Å². The molecule has 0 saturated carbocycles. The summed E-state index contributed by atoms with van der Waals surface area (Å²) in [4.78, 5) is 0. The minimum absolute atomic E-state index is 0.275. The lowest BCUT2D eigenvalue weighted by molar-refractivity contribution is 0.439. The third-order valence-corrected chi connectivity index (χ3v) is 2.72. The van der Waals surface area contributed by atoms with E-state index >= 15 is 0 Å². The topological polar surface area (TPSA) is 93.6 Å². The Balaban J connectivity index is 2.17. The highest BCUT2D eigenvalue weighted by Crippen LogP contribution is 2.34. The average molecular weight is 241 g/mol. The molecule has 0 bridgehead atoms. The van der Waals surface area contributed by atoms with E-state index in [1.165, 1.54) is 5.56 Å². The summed E-state index contributed by atoms with van der Waals surface area (Å²) >= 11 is 0. The molecular formula is C12H11N5O. The first-order valence-corrected chi connectivity index (χ1v) is 5.44. The van der Waals surface area contributed by atoms with Gasteiger partial charge in [-0.25, -0.2) is 0 Å². The molecular weight excluding hydrogens is 230 g/mol. The number of aryl methyl sites for hydroxylation is 1. The molecule has 0 spiro atoms. The molecule has 0 fully saturated rings. The van der Waals surface area contributed by atoms with Crippen molar-refractivity contribution in [3.05, 3.63) is 36.0 Å². The van der Waals surface area contributed by atoms with Crippen molar-refractivity contribution in [1.29, 1.82) is 0 Å². The van der Waals surface area contributed by atoms with E-state index in [9.17, 15) is 0 Å². The SMILES string of the molecule is Cc1ccc(-c2c(-c3cn[nH]n3)noc2N)cc1. The Bertz CT molecular complexity index is 654. The van der Waals surface area contributed by atoms with Gasteiger partial charge >= 0.3 is 0 Å². The molecule has 3 rings (SSSR count). The fourth-order valence-electron chi connectivity index (χ4n) is 1.79. The molecule has 2 heterocycles. The number of nitrogens with two attached hydrogens (primary N) is 1. The number of hydrogen-bond donors (Lipinski definition) is 2. The molecule has 3 N–H and O–H groups in total. The number of benzene rings is 1. The summed E-state index contributed by atoms with van der Waals surface area (Å²) in [6.07, 6.45) is 1.58. The Hall–Kier alpha value is -2.63. The van der Waals surface area contributed by atoms with E-state index in [4.69, 9.17) is 10.3 Å². The van der Waals surface area contributed by atoms with E-state index in [0.29, 0.717) is 11.4 Å². The summed E-state index contributed by atoms with van der Waals surface area (Å²) in [5, 5.41) is 14.2. The molecule has 3 aromatic rings. The van der Waals surface area contributed by atoms with Crippen LogP contribution >= 0.6 is 0 Å². The van der Waals surface area contributed by atoms with Crippen LogP contribution in [0.4, 0.5) is 5.88 Å². The minimum atomic E-state index is 0.275. The standard InChI is InChI=1S/C12H11N5O/c1-7-2-4-8(5-3-7)10-11(16-18-12(10)13)9-6-14-17-15-9/h2-6H,13H2,1H3,(H,14,15,17). The van der Waals surface area contributed by atoms with E-state index in [1.54, 1.807) is 6.20 Å². The number of anilines is 1. The molecule has 0 aliphatic heterocycles. The number of H-pyrrole nitrogens is 1. The summed E-state index contributed by atoms with van der Waals surface area (Å²) in [6.45, 7) is 2.03. The van der Waals surface area contributed by atoms with Gasteiger partial charge in [-0.2, -0.15) is 15.4 Å². The fraction of sp³-hybridized carbons (Fsp3) is 0.0833. The van der Waals surface area contributed by atoms with Crippen molar-refractivity contribution in [2.24, 2.45) is 0 Å². The number of nitrogens with one attached hydrogen (secondary N) is 1. The zero-order valence-electron chi connectivity index (χ0n) is 9.71.